The van der Waals surface area contributed by atoms with Crippen LogP contribution in [0.15, 0.2) is 22.4 Å². The third kappa shape index (κ3) is 7.24. The zero-order chi connectivity index (χ0) is 24.8. The lowest BCUT2D eigenvalue weighted by Gasteiger charge is -2.28. The Balaban J connectivity index is 1.68. The quantitative estimate of drug-likeness (QED) is 0.169. The molecule has 0 aliphatic rings. The molecule has 0 saturated heterocycles. The predicted octanol–water partition coefficient (Wildman–Crippen LogP) is 6.34. The highest BCUT2D eigenvalue weighted by Gasteiger charge is 2.25. The van der Waals surface area contributed by atoms with Crippen LogP contribution < -0.4 is 0 Å². The summed E-state index contributed by atoms with van der Waals surface area (Å²) < 4.78 is 21.7. The molecule has 0 aliphatic heterocycles. The SMILES string of the molecule is CCn1cc(S)n(C(C)(C)CCOCCCOCCC(C)(C)n2c(S)cn(CC)c2=S)c1=S. The standard InChI is InChI=1S/C23H40N4O2S4/c1-7-24-16-18(30)26(20(24)32)22(3,4)10-14-28-12-9-13-29-15-11-23(5,6)27-19(31)17-25(8-2)21(27)33/h16-17,30-31H,7-15H2,1-6H3. The fourth-order valence-electron chi connectivity index (χ4n) is 3.88. The Bertz CT molecular complexity index is 937. The molecule has 0 radical (unpaired) electrons. The Hall–Kier alpha value is -0.520. The van der Waals surface area contributed by atoms with Crippen LogP contribution >= 0.6 is 49.7 Å². The zero-order valence-corrected chi connectivity index (χ0v) is 24.3. The van der Waals surface area contributed by atoms with Crippen LogP contribution in [0, 0.1) is 9.54 Å². The number of imidazole rings is 2. The molecule has 2 aromatic heterocycles. The molecule has 33 heavy (non-hydrogen) atoms. The van der Waals surface area contributed by atoms with Crippen LogP contribution in [0.4, 0.5) is 0 Å². The molecule has 6 nitrogen and oxygen atoms in total. The maximum Gasteiger partial charge on any atom is 0.181 e. The van der Waals surface area contributed by atoms with Crippen LogP contribution in [0.25, 0.3) is 0 Å². The summed E-state index contributed by atoms with van der Waals surface area (Å²) in [4.78, 5) is 0. The first-order chi connectivity index (χ1) is 15.5. The Morgan fingerprint density at radius 3 is 1.39 bits per heavy atom. The van der Waals surface area contributed by atoms with E-state index < -0.39 is 0 Å². The lowest BCUT2D eigenvalue weighted by Crippen LogP contribution is -2.29. The zero-order valence-electron chi connectivity index (χ0n) is 20.8. The number of rotatable bonds is 14. The van der Waals surface area contributed by atoms with E-state index in [-0.39, 0.29) is 11.1 Å². The number of aromatic nitrogens is 4. The maximum absolute atomic E-state index is 5.88. The highest BCUT2D eigenvalue weighted by atomic mass is 32.1. The van der Waals surface area contributed by atoms with Crippen molar-refractivity contribution in [3.63, 3.8) is 0 Å². The molecular formula is C23H40N4O2S4. The van der Waals surface area contributed by atoms with Gasteiger partial charge in [-0.05, 0) is 85.2 Å². The monoisotopic (exact) mass is 532 g/mol. The van der Waals surface area contributed by atoms with E-state index in [0.29, 0.717) is 26.4 Å². The fraction of sp³-hybridized carbons (Fsp3) is 0.739. The maximum atomic E-state index is 5.88. The molecule has 10 heteroatoms. The van der Waals surface area contributed by atoms with Crippen molar-refractivity contribution in [1.29, 1.82) is 0 Å². The van der Waals surface area contributed by atoms with Crippen LogP contribution in [0.1, 0.15) is 60.8 Å². The minimum absolute atomic E-state index is 0.152. The normalized spacial score (nSPS) is 12.6. The molecule has 2 heterocycles. The minimum atomic E-state index is -0.152. The van der Waals surface area contributed by atoms with Crippen molar-refractivity contribution in [3.8, 4) is 0 Å². The van der Waals surface area contributed by atoms with Gasteiger partial charge in [-0.25, -0.2) is 0 Å². The van der Waals surface area contributed by atoms with E-state index in [1.165, 1.54) is 0 Å². The first-order valence-electron chi connectivity index (χ1n) is 11.6. The Morgan fingerprint density at radius 2 is 1.09 bits per heavy atom. The van der Waals surface area contributed by atoms with E-state index in [2.05, 4.69) is 75.9 Å². The Morgan fingerprint density at radius 1 is 0.727 bits per heavy atom. The van der Waals surface area contributed by atoms with Crippen LogP contribution in [-0.2, 0) is 33.6 Å². The second-order valence-electron chi connectivity index (χ2n) is 9.49. The van der Waals surface area contributed by atoms with Crippen molar-refractivity contribution in [2.45, 2.75) is 95.0 Å². The molecule has 188 valence electrons. The van der Waals surface area contributed by atoms with Crippen LogP contribution in [0.3, 0.4) is 0 Å². The number of hydrogen-bond acceptors (Lipinski definition) is 6. The van der Waals surface area contributed by atoms with Gasteiger partial charge in [-0.2, -0.15) is 0 Å². The molecule has 2 rings (SSSR count). The van der Waals surface area contributed by atoms with Gasteiger partial charge in [0.2, 0.25) is 0 Å². The third-order valence-electron chi connectivity index (χ3n) is 6.06. The average molecular weight is 533 g/mol. The van der Waals surface area contributed by atoms with Gasteiger partial charge in [0.25, 0.3) is 0 Å². The van der Waals surface area contributed by atoms with E-state index in [4.69, 9.17) is 33.9 Å². The third-order valence-corrected chi connectivity index (χ3v) is 7.53. The fourth-order valence-corrected chi connectivity index (χ4v) is 6.08. The summed E-state index contributed by atoms with van der Waals surface area (Å²) >= 11 is 20.4. The minimum Gasteiger partial charge on any atom is -0.381 e. The molecule has 0 saturated carbocycles. The molecule has 2 aromatic rings. The molecule has 0 N–H and O–H groups in total. The van der Waals surface area contributed by atoms with Gasteiger partial charge in [0.15, 0.2) is 9.54 Å². The van der Waals surface area contributed by atoms with Crippen LogP contribution in [0.2, 0.25) is 0 Å². The van der Waals surface area contributed by atoms with E-state index in [0.717, 1.165) is 51.9 Å². The Kier molecular flexibility index (Phi) is 10.8. The first kappa shape index (κ1) is 28.7. The lowest BCUT2D eigenvalue weighted by molar-refractivity contribution is 0.0610. The number of aryl methyl sites for hydroxylation is 2. The van der Waals surface area contributed by atoms with Gasteiger partial charge < -0.3 is 27.7 Å². The molecule has 0 amide bonds. The topological polar surface area (TPSA) is 38.2 Å². The molecule has 0 spiro atoms. The van der Waals surface area contributed by atoms with E-state index >= 15 is 0 Å². The number of nitrogens with zero attached hydrogens (tertiary/aromatic N) is 4. The van der Waals surface area contributed by atoms with Gasteiger partial charge in [-0.1, -0.05) is 0 Å². The molecule has 0 aliphatic carbocycles. The van der Waals surface area contributed by atoms with E-state index in [9.17, 15) is 0 Å². The summed E-state index contributed by atoms with van der Waals surface area (Å²) in [6.07, 6.45) is 6.59. The van der Waals surface area contributed by atoms with Crippen molar-refractivity contribution in [2.75, 3.05) is 26.4 Å². The van der Waals surface area contributed by atoms with Gasteiger partial charge in [0.05, 0.1) is 10.1 Å². The van der Waals surface area contributed by atoms with Gasteiger partial charge in [0, 0.05) is 63.0 Å². The van der Waals surface area contributed by atoms with Gasteiger partial charge in [-0.3, -0.25) is 0 Å². The number of hydrogen-bond donors (Lipinski definition) is 2. The highest BCUT2D eigenvalue weighted by Crippen LogP contribution is 2.27. The Labute approximate surface area is 220 Å². The van der Waals surface area contributed by atoms with Crippen molar-refractivity contribution >= 4 is 49.7 Å². The average Bonchev–Trinajstić information content (AvgIpc) is 3.20. The lowest BCUT2D eigenvalue weighted by atomic mass is 10.0. The van der Waals surface area contributed by atoms with Crippen LogP contribution in [-0.4, -0.2) is 44.7 Å². The summed E-state index contributed by atoms with van der Waals surface area (Å²) in [6.45, 7) is 17.3. The van der Waals surface area contributed by atoms with Gasteiger partial charge >= 0.3 is 0 Å². The molecule has 0 bridgehead atoms. The molecule has 0 unspecified atom stereocenters. The van der Waals surface area contributed by atoms with Crippen molar-refractivity contribution in [3.05, 3.63) is 21.9 Å². The molecule has 0 atom stereocenters. The highest BCUT2D eigenvalue weighted by molar-refractivity contribution is 7.80. The van der Waals surface area contributed by atoms with Crippen LogP contribution in [0.5, 0.6) is 0 Å². The van der Waals surface area contributed by atoms with Gasteiger partial charge in [-0.15, -0.1) is 25.3 Å². The second-order valence-corrected chi connectivity index (χ2v) is 11.1. The van der Waals surface area contributed by atoms with E-state index in [1.54, 1.807) is 0 Å². The largest absolute Gasteiger partial charge is 0.381 e. The van der Waals surface area contributed by atoms with Crippen molar-refractivity contribution in [1.82, 2.24) is 18.3 Å². The van der Waals surface area contributed by atoms with Crippen molar-refractivity contribution < 1.29 is 9.47 Å². The summed E-state index contributed by atoms with van der Waals surface area (Å²) in [5.41, 5.74) is -0.305. The van der Waals surface area contributed by atoms with Crippen molar-refractivity contribution in [2.24, 2.45) is 0 Å². The number of thiol groups is 2. The molecule has 0 fully saturated rings. The predicted molar refractivity (Wildman–Crippen MR) is 146 cm³/mol. The van der Waals surface area contributed by atoms with Gasteiger partial charge in [0.1, 0.15) is 0 Å². The summed E-state index contributed by atoms with van der Waals surface area (Å²) in [7, 11) is 0. The second kappa shape index (κ2) is 12.4. The summed E-state index contributed by atoms with van der Waals surface area (Å²) in [5.74, 6) is 0. The van der Waals surface area contributed by atoms with E-state index in [1.807, 2.05) is 21.5 Å². The summed E-state index contributed by atoms with van der Waals surface area (Å²) in [6, 6.07) is 0. The molecular weight excluding hydrogens is 493 g/mol. The first-order valence-corrected chi connectivity index (χ1v) is 13.4. The summed E-state index contributed by atoms with van der Waals surface area (Å²) in [5, 5.41) is 1.78. The number of ether oxygens (including phenoxy) is 2. The smallest absolute Gasteiger partial charge is 0.181 e. The molecule has 0 aromatic carbocycles.